The van der Waals surface area contributed by atoms with Crippen molar-refractivity contribution in [2.24, 2.45) is 5.73 Å². The van der Waals surface area contributed by atoms with Gasteiger partial charge in [0, 0.05) is 18.3 Å². The molecule has 12 heteroatoms. The Labute approximate surface area is 154 Å². The predicted octanol–water partition coefficient (Wildman–Crippen LogP) is -3.15. The second kappa shape index (κ2) is 10.2. The fraction of sp³-hybridized carbons (Fsp3) is 0.533. The van der Waals surface area contributed by atoms with Gasteiger partial charge in [-0.1, -0.05) is 0 Å². The number of carboxylic acid groups (broad SMARTS) is 1. The fourth-order valence-electron chi connectivity index (χ4n) is 2.10. The van der Waals surface area contributed by atoms with E-state index >= 15 is 0 Å². The normalized spacial score (nSPS) is 15.1. The number of hydrogen-bond donors (Lipinski definition) is 7. The minimum Gasteiger partial charge on any atom is -0.480 e. The molecule has 0 fully saturated rings. The first kappa shape index (κ1) is 22.1. The molecule has 1 rings (SSSR count). The minimum absolute atomic E-state index is 0.0126. The zero-order valence-corrected chi connectivity index (χ0v) is 14.9. The molecular weight excluding hydrogens is 360 g/mol. The minimum atomic E-state index is -1.34. The molecular formula is C15H24N6O6. The topological polar surface area (TPSA) is 200 Å². The third-order valence-electron chi connectivity index (χ3n) is 3.61. The molecule has 4 atom stereocenters. The number of aromatic nitrogens is 2. The van der Waals surface area contributed by atoms with Crippen molar-refractivity contribution in [2.45, 2.75) is 44.5 Å². The van der Waals surface area contributed by atoms with E-state index in [1.165, 1.54) is 26.4 Å². The summed E-state index contributed by atoms with van der Waals surface area (Å²) in [5.41, 5.74) is 5.70. The largest absolute Gasteiger partial charge is 0.480 e. The van der Waals surface area contributed by atoms with Crippen LogP contribution in [0.25, 0.3) is 0 Å². The van der Waals surface area contributed by atoms with Gasteiger partial charge in [-0.2, -0.15) is 0 Å². The highest BCUT2D eigenvalue weighted by atomic mass is 16.4. The lowest BCUT2D eigenvalue weighted by molar-refractivity contribution is -0.141. The van der Waals surface area contributed by atoms with Crippen LogP contribution in [0, 0.1) is 0 Å². The molecule has 0 radical (unpaired) electrons. The van der Waals surface area contributed by atoms with Crippen LogP contribution in [0.4, 0.5) is 0 Å². The van der Waals surface area contributed by atoms with Crippen LogP contribution in [0.2, 0.25) is 0 Å². The van der Waals surface area contributed by atoms with E-state index in [2.05, 4.69) is 25.9 Å². The maximum absolute atomic E-state index is 12.5. The Balaban J connectivity index is 2.93. The number of nitrogens with one attached hydrogen (secondary N) is 4. The summed E-state index contributed by atoms with van der Waals surface area (Å²) in [6, 6.07) is -3.69. The number of aliphatic hydroxyl groups excluding tert-OH is 1. The molecule has 0 bridgehead atoms. The Morgan fingerprint density at radius 1 is 1.19 bits per heavy atom. The Hall–Kier alpha value is -2.99. The van der Waals surface area contributed by atoms with Crippen LogP contribution in [0.3, 0.4) is 0 Å². The number of carbonyl (C=O) groups is 4. The zero-order valence-electron chi connectivity index (χ0n) is 14.9. The fourth-order valence-corrected chi connectivity index (χ4v) is 2.10. The van der Waals surface area contributed by atoms with Crippen molar-refractivity contribution in [1.29, 1.82) is 0 Å². The molecule has 12 nitrogen and oxygen atoms in total. The van der Waals surface area contributed by atoms with Gasteiger partial charge in [-0.25, -0.2) is 4.98 Å². The number of hydrogen-bond acceptors (Lipinski definition) is 7. The van der Waals surface area contributed by atoms with E-state index in [0.717, 1.165) is 0 Å². The standard InChI is InChI=1S/C15H24N6O6/c1-7(15(26)27)19-13(24)10(3-9-5-17-6-18-9)20-14(25)12(8(2)22)21-11(23)4-16/h5-8,10,12,22H,3-4,16H2,1-2H3,(H,17,18)(H,19,24)(H,20,25)(H,21,23)(H,26,27). The number of imidazole rings is 1. The average Bonchev–Trinajstić information content (AvgIpc) is 3.11. The molecule has 0 aromatic carbocycles. The van der Waals surface area contributed by atoms with E-state index in [1.807, 2.05) is 0 Å². The van der Waals surface area contributed by atoms with Gasteiger partial charge in [0.1, 0.15) is 18.1 Å². The molecule has 8 N–H and O–H groups in total. The van der Waals surface area contributed by atoms with Gasteiger partial charge in [0.05, 0.1) is 19.0 Å². The summed E-state index contributed by atoms with van der Waals surface area (Å²) in [5.74, 6) is -3.48. The first-order valence-corrected chi connectivity index (χ1v) is 8.14. The molecule has 1 aromatic rings. The van der Waals surface area contributed by atoms with Crippen LogP contribution in [-0.4, -0.2) is 74.6 Å². The van der Waals surface area contributed by atoms with E-state index < -0.39 is 47.9 Å². The summed E-state index contributed by atoms with van der Waals surface area (Å²) in [4.78, 5) is 53.8. The number of aliphatic hydroxyl groups is 1. The molecule has 4 unspecified atom stereocenters. The molecule has 150 valence electrons. The van der Waals surface area contributed by atoms with Gasteiger partial charge in [0.15, 0.2) is 0 Å². The molecule has 0 saturated carbocycles. The molecule has 0 saturated heterocycles. The Morgan fingerprint density at radius 2 is 1.85 bits per heavy atom. The average molecular weight is 384 g/mol. The number of aromatic amines is 1. The quantitative estimate of drug-likeness (QED) is 0.219. The van der Waals surface area contributed by atoms with E-state index in [0.29, 0.717) is 5.69 Å². The molecule has 1 aromatic heterocycles. The molecule has 1 heterocycles. The lowest BCUT2D eigenvalue weighted by Gasteiger charge is -2.25. The molecule has 0 aliphatic heterocycles. The van der Waals surface area contributed by atoms with Crippen LogP contribution in [-0.2, 0) is 25.6 Å². The number of carboxylic acids is 1. The summed E-state index contributed by atoms with van der Waals surface area (Å²) in [6.07, 6.45) is 1.55. The van der Waals surface area contributed by atoms with Crippen molar-refractivity contribution >= 4 is 23.7 Å². The smallest absolute Gasteiger partial charge is 0.325 e. The van der Waals surface area contributed by atoms with E-state index in [-0.39, 0.29) is 13.0 Å². The Morgan fingerprint density at radius 3 is 2.33 bits per heavy atom. The second-order valence-corrected chi connectivity index (χ2v) is 5.90. The van der Waals surface area contributed by atoms with Gasteiger partial charge in [-0.05, 0) is 13.8 Å². The summed E-state index contributed by atoms with van der Waals surface area (Å²) in [6.45, 7) is 2.18. The van der Waals surface area contributed by atoms with Crippen LogP contribution in [0.5, 0.6) is 0 Å². The number of carbonyl (C=O) groups excluding carboxylic acids is 3. The van der Waals surface area contributed by atoms with Gasteiger partial charge < -0.3 is 36.9 Å². The third kappa shape index (κ3) is 7.03. The first-order chi connectivity index (χ1) is 12.6. The number of nitrogens with zero attached hydrogens (tertiary/aromatic N) is 1. The lowest BCUT2D eigenvalue weighted by atomic mass is 10.1. The van der Waals surface area contributed by atoms with Gasteiger partial charge in [-0.3, -0.25) is 19.2 Å². The summed E-state index contributed by atoms with van der Waals surface area (Å²) in [5, 5.41) is 25.6. The summed E-state index contributed by atoms with van der Waals surface area (Å²) < 4.78 is 0. The first-order valence-electron chi connectivity index (χ1n) is 8.14. The van der Waals surface area contributed by atoms with E-state index in [4.69, 9.17) is 10.8 Å². The van der Waals surface area contributed by atoms with Crippen molar-refractivity contribution in [3.63, 3.8) is 0 Å². The Bertz CT molecular complexity index is 662. The molecule has 3 amide bonds. The van der Waals surface area contributed by atoms with Crippen LogP contribution >= 0.6 is 0 Å². The lowest BCUT2D eigenvalue weighted by Crippen LogP contribution is -2.59. The summed E-state index contributed by atoms with van der Waals surface area (Å²) >= 11 is 0. The number of rotatable bonds is 10. The molecule has 0 spiro atoms. The van der Waals surface area contributed by atoms with Gasteiger partial charge in [-0.15, -0.1) is 0 Å². The molecule has 0 aliphatic rings. The monoisotopic (exact) mass is 384 g/mol. The van der Waals surface area contributed by atoms with Crippen LogP contribution in [0.15, 0.2) is 12.5 Å². The molecule has 0 aliphatic carbocycles. The predicted molar refractivity (Wildman–Crippen MR) is 92.1 cm³/mol. The number of nitrogens with two attached hydrogens (primary N) is 1. The van der Waals surface area contributed by atoms with Crippen molar-refractivity contribution in [3.8, 4) is 0 Å². The third-order valence-corrected chi connectivity index (χ3v) is 3.61. The maximum Gasteiger partial charge on any atom is 0.325 e. The number of aliphatic carboxylic acids is 1. The van der Waals surface area contributed by atoms with Gasteiger partial charge in [0.2, 0.25) is 17.7 Å². The van der Waals surface area contributed by atoms with Crippen LogP contribution in [0.1, 0.15) is 19.5 Å². The highest BCUT2D eigenvalue weighted by molar-refractivity contribution is 5.93. The van der Waals surface area contributed by atoms with E-state index in [9.17, 15) is 24.3 Å². The number of H-pyrrole nitrogens is 1. The van der Waals surface area contributed by atoms with Gasteiger partial charge >= 0.3 is 5.97 Å². The van der Waals surface area contributed by atoms with Crippen molar-refractivity contribution in [2.75, 3.05) is 6.54 Å². The zero-order chi connectivity index (χ0) is 20.6. The van der Waals surface area contributed by atoms with Crippen molar-refractivity contribution < 1.29 is 29.4 Å². The Kier molecular flexibility index (Phi) is 8.35. The van der Waals surface area contributed by atoms with Crippen molar-refractivity contribution in [3.05, 3.63) is 18.2 Å². The van der Waals surface area contributed by atoms with E-state index in [1.54, 1.807) is 0 Å². The van der Waals surface area contributed by atoms with Gasteiger partial charge in [0.25, 0.3) is 0 Å². The maximum atomic E-state index is 12.5. The highest BCUT2D eigenvalue weighted by Crippen LogP contribution is 2.02. The second-order valence-electron chi connectivity index (χ2n) is 5.90. The van der Waals surface area contributed by atoms with Crippen LogP contribution < -0.4 is 21.7 Å². The number of amides is 3. The SMILES string of the molecule is CC(NC(=O)C(Cc1cnc[nH]1)NC(=O)C(NC(=O)CN)C(C)O)C(=O)O. The van der Waals surface area contributed by atoms with Crippen molar-refractivity contribution in [1.82, 2.24) is 25.9 Å². The highest BCUT2D eigenvalue weighted by Gasteiger charge is 2.30. The summed E-state index contributed by atoms with van der Waals surface area (Å²) in [7, 11) is 0. The molecule has 27 heavy (non-hydrogen) atoms.